The Hall–Kier alpha value is -3.48. The number of hydrogen-bond donors (Lipinski definition) is 2. The van der Waals surface area contributed by atoms with E-state index in [1.807, 2.05) is 55.5 Å². The lowest BCUT2D eigenvalue weighted by atomic mass is 10.2. The molecule has 24 heavy (non-hydrogen) atoms. The van der Waals surface area contributed by atoms with Crippen LogP contribution in [0.25, 0.3) is 16.9 Å². The minimum atomic E-state index is 0.412. The molecule has 0 aliphatic heterocycles. The summed E-state index contributed by atoms with van der Waals surface area (Å²) in [5.74, 6) is 1.03. The van der Waals surface area contributed by atoms with Crippen molar-refractivity contribution in [1.82, 2.24) is 25.0 Å². The summed E-state index contributed by atoms with van der Waals surface area (Å²) in [5.41, 5.74) is 10.4. The van der Waals surface area contributed by atoms with E-state index in [1.54, 1.807) is 4.68 Å². The van der Waals surface area contributed by atoms with Gasteiger partial charge in [0.2, 0.25) is 0 Å². The van der Waals surface area contributed by atoms with Crippen molar-refractivity contribution < 1.29 is 0 Å². The Labute approximate surface area is 138 Å². The molecule has 7 nitrogen and oxygen atoms in total. The zero-order valence-corrected chi connectivity index (χ0v) is 13.0. The number of hydrogen-bond acceptors (Lipinski definition) is 6. The van der Waals surface area contributed by atoms with Crippen LogP contribution in [0.5, 0.6) is 0 Å². The monoisotopic (exact) mass is 317 g/mol. The van der Waals surface area contributed by atoms with Gasteiger partial charge < -0.3 is 11.1 Å². The van der Waals surface area contributed by atoms with Crippen molar-refractivity contribution in [2.24, 2.45) is 0 Å². The Balaban J connectivity index is 1.78. The fraction of sp³-hybridized carbons (Fsp3) is 0.0588. The number of para-hydroxylation sites is 1. The molecule has 2 aromatic carbocycles. The van der Waals surface area contributed by atoms with Crippen molar-refractivity contribution >= 4 is 28.2 Å². The lowest BCUT2D eigenvalue weighted by Gasteiger charge is -2.11. The van der Waals surface area contributed by atoms with E-state index < -0.39 is 0 Å². The maximum Gasteiger partial charge on any atom is 0.184 e. The molecule has 3 N–H and O–H groups in total. The molecule has 0 unspecified atom stereocenters. The van der Waals surface area contributed by atoms with Crippen LogP contribution < -0.4 is 11.1 Å². The summed E-state index contributed by atoms with van der Waals surface area (Å²) in [6.45, 7) is 2.03. The van der Waals surface area contributed by atoms with Crippen molar-refractivity contribution in [2.75, 3.05) is 11.1 Å². The highest BCUT2D eigenvalue weighted by Crippen LogP contribution is 2.26. The Morgan fingerprint density at radius 1 is 1.04 bits per heavy atom. The number of aryl methyl sites for hydroxylation is 1. The van der Waals surface area contributed by atoms with Crippen molar-refractivity contribution in [3.63, 3.8) is 0 Å². The minimum Gasteiger partial charge on any atom is -0.393 e. The van der Waals surface area contributed by atoms with Crippen molar-refractivity contribution in [3.05, 3.63) is 60.4 Å². The Morgan fingerprint density at radius 3 is 2.79 bits per heavy atom. The predicted molar refractivity (Wildman–Crippen MR) is 93.3 cm³/mol. The fourth-order valence-electron chi connectivity index (χ4n) is 2.54. The van der Waals surface area contributed by atoms with Crippen LogP contribution in [0.2, 0.25) is 0 Å². The highest BCUT2D eigenvalue weighted by atomic mass is 15.4. The van der Waals surface area contributed by atoms with Crippen LogP contribution in [0.1, 0.15) is 5.56 Å². The molecule has 4 aromatic rings. The first-order valence-corrected chi connectivity index (χ1v) is 7.47. The first kappa shape index (κ1) is 14.1. The molecule has 0 aliphatic rings. The molecule has 2 aromatic heterocycles. The quantitative estimate of drug-likeness (QED) is 0.603. The highest BCUT2D eigenvalue weighted by molar-refractivity contribution is 5.80. The van der Waals surface area contributed by atoms with Gasteiger partial charge in [-0.15, -0.1) is 5.10 Å². The number of nitrogen functional groups attached to an aromatic ring is 1. The maximum absolute atomic E-state index is 6.28. The smallest absolute Gasteiger partial charge is 0.184 e. The predicted octanol–water partition coefficient (Wildman–Crippen LogP) is 2.84. The average Bonchev–Trinajstić information content (AvgIpc) is 3.01. The molecule has 118 valence electrons. The summed E-state index contributed by atoms with van der Waals surface area (Å²) in [4.78, 5) is 8.52. The van der Waals surface area contributed by atoms with Crippen molar-refractivity contribution in [1.29, 1.82) is 0 Å². The molecule has 0 radical (unpaired) electrons. The summed E-state index contributed by atoms with van der Waals surface area (Å²) in [6.07, 6.45) is 1.46. The van der Waals surface area contributed by atoms with E-state index in [9.17, 15) is 0 Å². The summed E-state index contributed by atoms with van der Waals surface area (Å²) in [6, 6.07) is 15.6. The van der Waals surface area contributed by atoms with Gasteiger partial charge in [0.1, 0.15) is 17.5 Å². The van der Waals surface area contributed by atoms with E-state index in [0.717, 1.165) is 22.3 Å². The number of rotatable bonds is 3. The molecule has 0 saturated heterocycles. The second kappa shape index (κ2) is 5.62. The molecule has 0 bridgehead atoms. The topological polar surface area (TPSA) is 94.5 Å². The first-order chi connectivity index (χ1) is 11.7. The van der Waals surface area contributed by atoms with Crippen LogP contribution in [0, 0.1) is 6.92 Å². The van der Waals surface area contributed by atoms with Crippen LogP contribution in [0.4, 0.5) is 17.2 Å². The second-order valence-corrected chi connectivity index (χ2v) is 5.44. The maximum atomic E-state index is 6.28. The normalized spacial score (nSPS) is 10.9. The molecule has 0 atom stereocenters. The van der Waals surface area contributed by atoms with Gasteiger partial charge in [0.05, 0.1) is 5.52 Å². The van der Waals surface area contributed by atoms with Gasteiger partial charge in [-0.2, -0.15) is 4.68 Å². The lowest BCUT2D eigenvalue weighted by Crippen LogP contribution is -2.08. The van der Waals surface area contributed by atoms with Crippen molar-refractivity contribution in [3.8, 4) is 5.82 Å². The fourth-order valence-corrected chi connectivity index (χ4v) is 2.54. The largest absolute Gasteiger partial charge is 0.393 e. The zero-order valence-electron chi connectivity index (χ0n) is 13.0. The van der Waals surface area contributed by atoms with Gasteiger partial charge in [0, 0.05) is 5.69 Å². The van der Waals surface area contributed by atoms with Gasteiger partial charge in [0.25, 0.3) is 0 Å². The van der Waals surface area contributed by atoms with Gasteiger partial charge in [-0.05, 0) is 36.8 Å². The number of benzene rings is 2. The van der Waals surface area contributed by atoms with Crippen LogP contribution in [-0.2, 0) is 0 Å². The van der Waals surface area contributed by atoms with Gasteiger partial charge >= 0.3 is 0 Å². The number of aromatic nitrogens is 5. The molecule has 0 aliphatic carbocycles. The molecule has 0 fully saturated rings. The SMILES string of the molecule is Cc1cccc(Nc2ncnc(-n3nnc4ccccc43)c2N)c1. The molecule has 0 saturated carbocycles. The van der Waals surface area contributed by atoms with E-state index in [0.29, 0.717) is 17.3 Å². The number of nitrogens with one attached hydrogen (secondary N) is 1. The molecular formula is C17H15N7. The first-order valence-electron chi connectivity index (χ1n) is 7.47. The number of fused-ring (bicyclic) bond motifs is 1. The average molecular weight is 317 g/mol. The van der Waals surface area contributed by atoms with Gasteiger partial charge in [0.15, 0.2) is 11.6 Å². The Morgan fingerprint density at radius 2 is 1.92 bits per heavy atom. The van der Waals surface area contributed by atoms with E-state index >= 15 is 0 Å². The van der Waals surface area contributed by atoms with E-state index in [2.05, 4.69) is 25.6 Å². The lowest BCUT2D eigenvalue weighted by molar-refractivity contribution is 0.800. The second-order valence-electron chi connectivity index (χ2n) is 5.44. The number of nitrogens with two attached hydrogens (primary N) is 1. The third kappa shape index (κ3) is 2.41. The summed E-state index contributed by atoms with van der Waals surface area (Å²) in [5, 5.41) is 11.5. The standard InChI is InChI=1S/C17H15N7/c1-11-5-4-6-12(9-11)21-16-15(18)17(20-10-19-16)24-14-8-3-2-7-13(14)22-23-24/h2-10H,18H2,1H3,(H,19,20,21). The number of anilines is 3. The van der Waals surface area contributed by atoms with Crippen LogP contribution in [0.15, 0.2) is 54.9 Å². The molecule has 0 amide bonds. The van der Waals surface area contributed by atoms with E-state index in [4.69, 9.17) is 5.73 Å². The summed E-state index contributed by atoms with van der Waals surface area (Å²) >= 11 is 0. The molecule has 7 heteroatoms. The van der Waals surface area contributed by atoms with Crippen LogP contribution in [-0.4, -0.2) is 25.0 Å². The Kier molecular flexibility index (Phi) is 3.31. The van der Waals surface area contributed by atoms with Gasteiger partial charge in [-0.3, -0.25) is 0 Å². The molecule has 0 spiro atoms. The van der Waals surface area contributed by atoms with Crippen molar-refractivity contribution in [2.45, 2.75) is 6.92 Å². The number of nitrogens with zero attached hydrogens (tertiary/aromatic N) is 5. The third-order valence-electron chi connectivity index (χ3n) is 3.70. The third-order valence-corrected chi connectivity index (χ3v) is 3.70. The van der Waals surface area contributed by atoms with E-state index in [-0.39, 0.29) is 0 Å². The van der Waals surface area contributed by atoms with Gasteiger partial charge in [-0.25, -0.2) is 9.97 Å². The highest BCUT2D eigenvalue weighted by Gasteiger charge is 2.14. The zero-order chi connectivity index (χ0) is 16.5. The Bertz CT molecular complexity index is 1020. The minimum absolute atomic E-state index is 0.412. The molecular weight excluding hydrogens is 302 g/mol. The summed E-state index contributed by atoms with van der Waals surface area (Å²) in [7, 11) is 0. The van der Waals surface area contributed by atoms with Gasteiger partial charge in [-0.1, -0.05) is 29.5 Å². The van der Waals surface area contributed by atoms with E-state index in [1.165, 1.54) is 6.33 Å². The molecule has 2 heterocycles. The molecule has 4 rings (SSSR count). The van der Waals surface area contributed by atoms with Crippen LogP contribution >= 0.6 is 0 Å². The van der Waals surface area contributed by atoms with Crippen LogP contribution in [0.3, 0.4) is 0 Å². The summed E-state index contributed by atoms with van der Waals surface area (Å²) < 4.78 is 1.62.